The number of fused-ring (bicyclic) bond motifs is 1. The van der Waals surface area contributed by atoms with Crippen LogP contribution in [0.4, 0.5) is 0 Å². The highest BCUT2D eigenvalue weighted by atomic mass is 16.5. The summed E-state index contributed by atoms with van der Waals surface area (Å²) in [6.07, 6.45) is 0. The van der Waals surface area contributed by atoms with Crippen molar-refractivity contribution >= 4 is 11.2 Å². The largest absolute Gasteiger partial charge is 0.476 e. The highest BCUT2D eigenvalue weighted by Gasteiger charge is 2.18. The van der Waals surface area contributed by atoms with Gasteiger partial charge in [0, 0.05) is 14.1 Å². The van der Waals surface area contributed by atoms with Crippen LogP contribution in [-0.2, 0) is 14.1 Å². The summed E-state index contributed by atoms with van der Waals surface area (Å²) in [7, 11) is 3.42. The van der Waals surface area contributed by atoms with E-state index in [2.05, 4.69) is 9.97 Å². The van der Waals surface area contributed by atoms with E-state index in [-0.39, 0.29) is 5.88 Å². The molecule has 0 amide bonds. The van der Waals surface area contributed by atoms with Crippen molar-refractivity contribution in [1.29, 1.82) is 0 Å². The second-order valence-electron chi connectivity index (χ2n) is 3.75. The van der Waals surface area contributed by atoms with E-state index in [4.69, 9.17) is 9.47 Å². The van der Waals surface area contributed by atoms with E-state index in [1.54, 1.807) is 18.7 Å². The lowest BCUT2D eigenvalue weighted by Gasteiger charge is -2.06. The Hall–Kier alpha value is -2.05. The minimum atomic E-state index is -0.396. The normalized spacial score (nSPS) is 10.9. The number of ether oxygens (including phenoxy) is 2. The second kappa shape index (κ2) is 4.67. The predicted molar refractivity (Wildman–Crippen MR) is 66.1 cm³/mol. The van der Waals surface area contributed by atoms with Gasteiger partial charge in [0.2, 0.25) is 5.88 Å². The van der Waals surface area contributed by atoms with Crippen molar-refractivity contribution in [1.82, 2.24) is 19.1 Å². The summed E-state index contributed by atoms with van der Waals surface area (Å²) in [5.74, 6) is 0.288. The quantitative estimate of drug-likeness (QED) is 0.790. The van der Waals surface area contributed by atoms with Gasteiger partial charge in [0.25, 0.3) is 6.01 Å². The number of imidazole rings is 1. The van der Waals surface area contributed by atoms with E-state index in [9.17, 15) is 4.79 Å². The molecule has 0 fully saturated rings. The first kappa shape index (κ1) is 12.4. The van der Waals surface area contributed by atoms with Crippen molar-refractivity contribution in [3.63, 3.8) is 0 Å². The monoisotopic (exact) mass is 252 g/mol. The Morgan fingerprint density at radius 2 is 1.72 bits per heavy atom. The molecule has 0 atom stereocenters. The van der Waals surface area contributed by atoms with Crippen molar-refractivity contribution in [3.8, 4) is 11.9 Å². The van der Waals surface area contributed by atoms with Crippen molar-refractivity contribution < 1.29 is 9.47 Å². The first-order valence-corrected chi connectivity index (χ1v) is 5.79. The minimum absolute atomic E-state index is 0.288. The van der Waals surface area contributed by atoms with Crippen LogP contribution in [-0.4, -0.2) is 32.3 Å². The highest BCUT2D eigenvalue weighted by molar-refractivity contribution is 5.78. The fourth-order valence-corrected chi connectivity index (χ4v) is 1.74. The number of nitrogens with zero attached hydrogens (tertiary/aromatic N) is 4. The molecule has 98 valence electrons. The predicted octanol–water partition coefficient (Wildman–Crippen LogP) is 0.464. The number of aryl methyl sites for hydroxylation is 2. The third kappa shape index (κ3) is 1.81. The molecule has 0 saturated carbocycles. The van der Waals surface area contributed by atoms with Crippen molar-refractivity contribution in [3.05, 3.63) is 10.5 Å². The van der Waals surface area contributed by atoms with Crippen LogP contribution in [0, 0.1) is 0 Å². The first-order valence-electron chi connectivity index (χ1n) is 5.79. The fraction of sp³-hybridized carbons (Fsp3) is 0.545. The number of hydrogen-bond acceptors (Lipinski definition) is 5. The molecule has 2 aromatic heterocycles. The lowest BCUT2D eigenvalue weighted by molar-refractivity contribution is 0.302. The van der Waals surface area contributed by atoms with Crippen LogP contribution in [0.3, 0.4) is 0 Å². The van der Waals surface area contributed by atoms with Crippen LogP contribution in [0.5, 0.6) is 11.9 Å². The molecule has 0 N–H and O–H groups in total. The van der Waals surface area contributed by atoms with Gasteiger partial charge in [0.1, 0.15) is 0 Å². The minimum Gasteiger partial charge on any atom is -0.476 e. The summed E-state index contributed by atoms with van der Waals surface area (Å²) in [5, 5.41) is 0. The maximum atomic E-state index is 11.7. The Balaban J connectivity index is 2.78. The summed E-state index contributed by atoms with van der Waals surface area (Å²) in [4.78, 5) is 19.9. The van der Waals surface area contributed by atoms with Gasteiger partial charge in [-0.2, -0.15) is 9.97 Å². The van der Waals surface area contributed by atoms with Crippen LogP contribution >= 0.6 is 0 Å². The van der Waals surface area contributed by atoms with Gasteiger partial charge in [-0.15, -0.1) is 0 Å². The number of aromatic nitrogens is 4. The van der Waals surface area contributed by atoms with E-state index in [1.165, 1.54) is 4.57 Å². The number of rotatable bonds is 4. The molecule has 2 heterocycles. The van der Waals surface area contributed by atoms with Gasteiger partial charge in [0.05, 0.1) is 13.2 Å². The van der Waals surface area contributed by atoms with E-state index in [0.29, 0.717) is 30.4 Å². The molecule has 7 nitrogen and oxygen atoms in total. The molecule has 0 aliphatic heterocycles. The van der Waals surface area contributed by atoms with Crippen LogP contribution in [0.25, 0.3) is 11.2 Å². The van der Waals surface area contributed by atoms with Gasteiger partial charge >= 0.3 is 5.69 Å². The molecule has 0 aliphatic rings. The van der Waals surface area contributed by atoms with E-state index in [0.717, 1.165) is 0 Å². The maximum Gasteiger partial charge on any atom is 0.352 e. The standard InChI is InChI=1S/C11H16N4O3/c1-5-17-9-7-8(15(4)10(16)13-9)12-11(14(7)3)18-6-2/h5-6H2,1-4H3. The Kier molecular flexibility index (Phi) is 3.22. The molecular weight excluding hydrogens is 236 g/mol. The SMILES string of the molecule is CCOc1nc(=O)n(C)c2nc(OCC)n(C)c12. The first-order chi connectivity index (χ1) is 8.60. The Morgan fingerprint density at radius 3 is 2.33 bits per heavy atom. The molecule has 18 heavy (non-hydrogen) atoms. The number of hydrogen-bond donors (Lipinski definition) is 0. The third-order valence-electron chi connectivity index (χ3n) is 2.59. The van der Waals surface area contributed by atoms with Gasteiger partial charge < -0.3 is 9.47 Å². The topological polar surface area (TPSA) is 71.2 Å². The molecular formula is C11H16N4O3. The van der Waals surface area contributed by atoms with Crippen LogP contribution in [0.1, 0.15) is 13.8 Å². The molecule has 2 rings (SSSR count). The smallest absolute Gasteiger partial charge is 0.352 e. The Morgan fingerprint density at radius 1 is 1.06 bits per heavy atom. The zero-order chi connectivity index (χ0) is 13.3. The van der Waals surface area contributed by atoms with Crippen LogP contribution in [0.2, 0.25) is 0 Å². The van der Waals surface area contributed by atoms with Gasteiger partial charge in [-0.1, -0.05) is 0 Å². The van der Waals surface area contributed by atoms with E-state index in [1.807, 2.05) is 13.8 Å². The molecule has 0 saturated heterocycles. The van der Waals surface area contributed by atoms with Crippen LogP contribution in [0.15, 0.2) is 4.79 Å². The summed E-state index contributed by atoms with van der Waals surface area (Å²) >= 11 is 0. The van der Waals surface area contributed by atoms with Gasteiger partial charge in [-0.25, -0.2) is 4.79 Å². The Labute approximate surface area is 104 Å². The zero-order valence-corrected chi connectivity index (χ0v) is 10.9. The van der Waals surface area contributed by atoms with Crippen LogP contribution < -0.4 is 15.2 Å². The van der Waals surface area contributed by atoms with Crippen molar-refractivity contribution in [2.24, 2.45) is 14.1 Å². The molecule has 0 unspecified atom stereocenters. The average Bonchev–Trinajstić information content (AvgIpc) is 2.65. The Bertz CT molecular complexity index is 629. The molecule has 7 heteroatoms. The molecule has 0 radical (unpaired) electrons. The molecule has 0 aliphatic carbocycles. The average molecular weight is 252 g/mol. The van der Waals surface area contributed by atoms with E-state index >= 15 is 0 Å². The summed E-state index contributed by atoms with van der Waals surface area (Å²) < 4.78 is 13.9. The fourth-order valence-electron chi connectivity index (χ4n) is 1.74. The maximum absolute atomic E-state index is 11.7. The molecule has 0 aromatic carbocycles. The molecule has 0 bridgehead atoms. The summed E-state index contributed by atoms with van der Waals surface area (Å²) in [5.41, 5.74) is 0.763. The second-order valence-corrected chi connectivity index (χ2v) is 3.75. The third-order valence-corrected chi connectivity index (χ3v) is 2.59. The molecule has 0 spiro atoms. The van der Waals surface area contributed by atoms with Gasteiger partial charge in [0.15, 0.2) is 11.2 Å². The molecule has 2 aromatic rings. The summed E-state index contributed by atoms with van der Waals surface area (Å²) in [6, 6.07) is 0.441. The van der Waals surface area contributed by atoms with Gasteiger partial charge in [-0.05, 0) is 13.8 Å². The summed E-state index contributed by atoms with van der Waals surface area (Å²) in [6.45, 7) is 4.65. The van der Waals surface area contributed by atoms with E-state index < -0.39 is 5.69 Å². The lowest BCUT2D eigenvalue weighted by atomic mass is 10.5. The van der Waals surface area contributed by atoms with Crippen molar-refractivity contribution in [2.45, 2.75) is 13.8 Å². The zero-order valence-electron chi connectivity index (χ0n) is 10.9. The highest BCUT2D eigenvalue weighted by Crippen LogP contribution is 2.25. The lowest BCUT2D eigenvalue weighted by Crippen LogP contribution is -2.21. The van der Waals surface area contributed by atoms with Gasteiger partial charge in [-0.3, -0.25) is 9.13 Å². The van der Waals surface area contributed by atoms with Crippen molar-refractivity contribution in [2.75, 3.05) is 13.2 Å².